The molecule has 0 bridgehead atoms. The summed E-state index contributed by atoms with van der Waals surface area (Å²) < 4.78 is 5.27. The molecule has 0 amide bonds. The number of piperazine rings is 1. The monoisotopic (exact) mass is 276 g/mol. The molecule has 4 nitrogen and oxygen atoms in total. The van der Waals surface area contributed by atoms with E-state index in [0.717, 1.165) is 37.4 Å². The van der Waals surface area contributed by atoms with Gasteiger partial charge >= 0.3 is 0 Å². The Morgan fingerprint density at radius 2 is 2.10 bits per heavy atom. The van der Waals surface area contributed by atoms with Gasteiger partial charge in [0.05, 0.1) is 13.2 Å². The lowest BCUT2D eigenvalue weighted by Gasteiger charge is -2.41. The summed E-state index contributed by atoms with van der Waals surface area (Å²) in [5.74, 6) is 0.829. The van der Waals surface area contributed by atoms with Crippen molar-refractivity contribution in [1.29, 1.82) is 0 Å². The molecular weight excluding hydrogens is 252 g/mol. The Balaban J connectivity index is 1.78. The number of likely N-dealkylation sites (N-methyl/N-ethyl adjacent to an activating group) is 1. The van der Waals surface area contributed by atoms with E-state index in [1.807, 2.05) is 12.1 Å². The highest BCUT2D eigenvalue weighted by Crippen LogP contribution is 2.37. The molecule has 1 aromatic rings. The van der Waals surface area contributed by atoms with Crippen LogP contribution >= 0.6 is 0 Å². The average molecular weight is 276 g/mol. The predicted molar refractivity (Wildman–Crippen MR) is 79.1 cm³/mol. The zero-order valence-corrected chi connectivity index (χ0v) is 12.5. The summed E-state index contributed by atoms with van der Waals surface area (Å²) in [6.45, 7) is 5.39. The number of aliphatic hydroxyl groups is 1. The number of benzene rings is 1. The summed E-state index contributed by atoms with van der Waals surface area (Å²) in [4.78, 5) is 4.83. The number of rotatable bonds is 2. The molecule has 0 aromatic heterocycles. The van der Waals surface area contributed by atoms with Crippen LogP contribution in [0.15, 0.2) is 18.2 Å². The minimum Gasteiger partial charge on any atom is -0.497 e. The quantitative estimate of drug-likeness (QED) is 0.883. The number of hydrogen-bond donors (Lipinski definition) is 1. The Kier molecular flexibility index (Phi) is 3.71. The van der Waals surface area contributed by atoms with Gasteiger partial charge in [0.25, 0.3) is 0 Å². The lowest BCUT2D eigenvalue weighted by Crippen LogP contribution is -2.54. The van der Waals surface area contributed by atoms with E-state index >= 15 is 0 Å². The van der Waals surface area contributed by atoms with Crippen LogP contribution in [-0.4, -0.2) is 60.8 Å². The number of ether oxygens (including phenoxy) is 1. The molecule has 0 radical (unpaired) electrons. The standard InChI is InChI=1S/C16H24N2O2/c1-11-10-18(7-6-17(11)2)15-8-12-4-5-13(20-3)9-14(12)16(15)19/h4-5,9,11,15-16,19H,6-8,10H2,1-3H3. The van der Waals surface area contributed by atoms with Gasteiger partial charge in [0.1, 0.15) is 5.75 Å². The van der Waals surface area contributed by atoms with E-state index in [0.29, 0.717) is 6.04 Å². The van der Waals surface area contributed by atoms with E-state index in [-0.39, 0.29) is 6.04 Å². The first kappa shape index (κ1) is 13.9. The maximum atomic E-state index is 10.7. The van der Waals surface area contributed by atoms with Crippen LogP contribution in [0, 0.1) is 0 Å². The summed E-state index contributed by atoms with van der Waals surface area (Å²) in [7, 11) is 3.84. The predicted octanol–water partition coefficient (Wildman–Crippen LogP) is 1.29. The first-order chi connectivity index (χ1) is 9.60. The van der Waals surface area contributed by atoms with Crippen LogP contribution in [0.5, 0.6) is 5.75 Å². The molecule has 3 atom stereocenters. The van der Waals surface area contributed by atoms with E-state index in [1.54, 1.807) is 7.11 Å². The van der Waals surface area contributed by atoms with Gasteiger partial charge in [0.2, 0.25) is 0 Å². The Morgan fingerprint density at radius 1 is 1.30 bits per heavy atom. The molecule has 1 fully saturated rings. The number of nitrogens with zero attached hydrogens (tertiary/aromatic N) is 2. The van der Waals surface area contributed by atoms with Crippen LogP contribution in [0.1, 0.15) is 24.2 Å². The summed E-state index contributed by atoms with van der Waals surface area (Å²) in [6, 6.07) is 6.83. The van der Waals surface area contributed by atoms with Gasteiger partial charge in [-0.3, -0.25) is 4.90 Å². The van der Waals surface area contributed by atoms with Crippen molar-refractivity contribution in [3.63, 3.8) is 0 Å². The normalized spacial score (nSPS) is 31.3. The molecule has 1 aromatic carbocycles. The fourth-order valence-electron chi connectivity index (χ4n) is 3.41. The van der Waals surface area contributed by atoms with Crippen LogP contribution in [0.2, 0.25) is 0 Å². The van der Waals surface area contributed by atoms with E-state index < -0.39 is 6.10 Å². The van der Waals surface area contributed by atoms with Crippen molar-refractivity contribution in [2.75, 3.05) is 33.8 Å². The topological polar surface area (TPSA) is 35.9 Å². The fraction of sp³-hybridized carbons (Fsp3) is 0.625. The van der Waals surface area contributed by atoms with Crippen LogP contribution < -0.4 is 4.74 Å². The third-order valence-corrected chi connectivity index (χ3v) is 4.93. The number of fused-ring (bicyclic) bond motifs is 1. The smallest absolute Gasteiger partial charge is 0.119 e. The maximum Gasteiger partial charge on any atom is 0.119 e. The summed E-state index contributed by atoms with van der Waals surface area (Å²) in [5, 5.41) is 10.7. The second-order valence-electron chi connectivity index (χ2n) is 6.11. The van der Waals surface area contributed by atoms with Gasteiger partial charge in [0.15, 0.2) is 0 Å². The second kappa shape index (κ2) is 5.35. The molecule has 110 valence electrons. The molecule has 1 N–H and O–H groups in total. The lowest BCUT2D eigenvalue weighted by atomic mass is 10.1. The Morgan fingerprint density at radius 3 is 2.80 bits per heavy atom. The van der Waals surface area contributed by atoms with E-state index in [9.17, 15) is 5.11 Å². The molecule has 3 unspecified atom stereocenters. The minimum atomic E-state index is -0.393. The number of methoxy groups -OCH3 is 1. The zero-order chi connectivity index (χ0) is 14.3. The maximum absolute atomic E-state index is 10.7. The molecule has 20 heavy (non-hydrogen) atoms. The van der Waals surface area contributed by atoms with Crippen molar-refractivity contribution in [2.24, 2.45) is 0 Å². The molecular formula is C16H24N2O2. The van der Waals surface area contributed by atoms with E-state index in [2.05, 4.69) is 29.8 Å². The van der Waals surface area contributed by atoms with Crippen molar-refractivity contribution in [2.45, 2.75) is 31.5 Å². The first-order valence-corrected chi connectivity index (χ1v) is 7.39. The molecule has 1 heterocycles. The van der Waals surface area contributed by atoms with Gasteiger partial charge in [0, 0.05) is 31.7 Å². The molecule has 0 saturated carbocycles. The highest BCUT2D eigenvalue weighted by Gasteiger charge is 2.37. The van der Waals surface area contributed by atoms with E-state index in [4.69, 9.17) is 4.74 Å². The van der Waals surface area contributed by atoms with Crippen LogP contribution in [0.25, 0.3) is 0 Å². The van der Waals surface area contributed by atoms with Crippen LogP contribution in [-0.2, 0) is 6.42 Å². The van der Waals surface area contributed by atoms with Gasteiger partial charge in [-0.15, -0.1) is 0 Å². The SMILES string of the molecule is COc1ccc2c(c1)C(O)C(N1CCN(C)C(C)C1)C2. The largest absolute Gasteiger partial charge is 0.497 e. The Bertz CT molecular complexity index is 491. The highest BCUT2D eigenvalue weighted by molar-refractivity contribution is 5.41. The van der Waals surface area contributed by atoms with Crippen molar-refractivity contribution in [1.82, 2.24) is 9.80 Å². The molecule has 1 aliphatic carbocycles. The van der Waals surface area contributed by atoms with E-state index in [1.165, 1.54) is 5.56 Å². The molecule has 1 aliphatic heterocycles. The number of aliphatic hydroxyl groups excluding tert-OH is 1. The third kappa shape index (κ3) is 2.32. The lowest BCUT2D eigenvalue weighted by molar-refractivity contribution is 0.0146. The van der Waals surface area contributed by atoms with Gasteiger partial charge in [-0.05, 0) is 43.7 Å². The van der Waals surface area contributed by atoms with Crippen molar-refractivity contribution in [3.8, 4) is 5.75 Å². The summed E-state index contributed by atoms with van der Waals surface area (Å²) in [6.07, 6.45) is 0.549. The second-order valence-corrected chi connectivity index (χ2v) is 6.11. The third-order valence-electron chi connectivity index (χ3n) is 4.93. The highest BCUT2D eigenvalue weighted by atomic mass is 16.5. The van der Waals surface area contributed by atoms with Crippen LogP contribution in [0.4, 0.5) is 0 Å². The molecule has 4 heteroatoms. The molecule has 3 rings (SSSR count). The fourth-order valence-corrected chi connectivity index (χ4v) is 3.41. The van der Waals surface area contributed by atoms with Gasteiger partial charge in [-0.2, -0.15) is 0 Å². The van der Waals surface area contributed by atoms with Crippen molar-refractivity contribution < 1.29 is 9.84 Å². The summed E-state index contributed by atoms with van der Waals surface area (Å²) in [5.41, 5.74) is 2.30. The van der Waals surface area contributed by atoms with Gasteiger partial charge < -0.3 is 14.7 Å². The first-order valence-electron chi connectivity index (χ1n) is 7.39. The average Bonchev–Trinajstić information content (AvgIpc) is 2.79. The Hall–Kier alpha value is -1.10. The van der Waals surface area contributed by atoms with Crippen molar-refractivity contribution in [3.05, 3.63) is 29.3 Å². The Labute approximate surface area is 120 Å². The minimum absolute atomic E-state index is 0.216. The van der Waals surface area contributed by atoms with Gasteiger partial charge in [-0.1, -0.05) is 6.07 Å². The number of hydrogen-bond acceptors (Lipinski definition) is 4. The van der Waals surface area contributed by atoms with Crippen molar-refractivity contribution >= 4 is 0 Å². The molecule has 0 spiro atoms. The summed E-state index contributed by atoms with van der Waals surface area (Å²) >= 11 is 0. The zero-order valence-electron chi connectivity index (χ0n) is 12.5. The van der Waals surface area contributed by atoms with Gasteiger partial charge in [-0.25, -0.2) is 0 Å². The molecule has 2 aliphatic rings. The van der Waals surface area contributed by atoms with Crippen LogP contribution in [0.3, 0.4) is 0 Å². The molecule has 1 saturated heterocycles.